The Morgan fingerprint density at radius 3 is 2.39 bits per heavy atom. The number of ether oxygens (including phenoxy) is 2. The quantitative estimate of drug-likeness (QED) is 0.284. The van der Waals surface area contributed by atoms with Crippen molar-refractivity contribution < 1.29 is 18.3 Å². The zero-order chi connectivity index (χ0) is 20.4. The third-order valence-electron chi connectivity index (χ3n) is 4.13. The molecule has 0 bridgehead atoms. The van der Waals surface area contributed by atoms with Crippen LogP contribution in [0.5, 0.6) is 11.5 Å². The van der Waals surface area contributed by atoms with Crippen molar-refractivity contribution in [3.8, 4) is 11.5 Å². The summed E-state index contributed by atoms with van der Waals surface area (Å²) in [6.45, 7) is 2.50. The molecule has 0 aliphatic rings. The van der Waals surface area contributed by atoms with E-state index in [1.807, 2.05) is 0 Å². The summed E-state index contributed by atoms with van der Waals surface area (Å²) in [5.41, 5.74) is 0.559. The molecule has 0 aliphatic carbocycles. The molecule has 1 aromatic carbocycles. The van der Waals surface area contributed by atoms with E-state index >= 15 is 0 Å². The minimum Gasteiger partial charge on any atom is -0.497 e. The highest BCUT2D eigenvalue weighted by Crippen LogP contribution is 2.25. The van der Waals surface area contributed by atoms with Crippen LogP contribution in [0.2, 0.25) is 0 Å². The SMILES string of the molecule is CN=C(NCc1cc(OC)ccc1OC(F)F)NCC(CC(C)C)N(C)C.I. The molecular weight excluding hydrogens is 481 g/mol. The van der Waals surface area contributed by atoms with Gasteiger partial charge in [-0.05, 0) is 44.6 Å². The summed E-state index contributed by atoms with van der Waals surface area (Å²) in [4.78, 5) is 6.38. The Hall–Kier alpha value is -1.36. The molecule has 0 aliphatic heterocycles. The van der Waals surface area contributed by atoms with Crippen molar-refractivity contribution in [3.63, 3.8) is 0 Å². The number of aliphatic imine (C=N–C) groups is 1. The number of guanidine groups is 1. The Kier molecular flexibility index (Phi) is 13.1. The van der Waals surface area contributed by atoms with Crippen LogP contribution in [0.3, 0.4) is 0 Å². The number of rotatable bonds is 10. The van der Waals surface area contributed by atoms with Crippen LogP contribution in [-0.2, 0) is 6.54 Å². The second-order valence-corrected chi connectivity index (χ2v) is 6.91. The van der Waals surface area contributed by atoms with E-state index in [9.17, 15) is 8.78 Å². The van der Waals surface area contributed by atoms with E-state index in [-0.39, 0.29) is 36.3 Å². The van der Waals surface area contributed by atoms with E-state index in [1.165, 1.54) is 13.2 Å². The fourth-order valence-corrected chi connectivity index (χ4v) is 2.67. The minimum atomic E-state index is -2.88. The Morgan fingerprint density at radius 1 is 1.21 bits per heavy atom. The number of methoxy groups -OCH3 is 1. The van der Waals surface area contributed by atoms with Crippen molar-refractivity contribution in [2.45, 2.75) is 39.5 Å². The topological polar surface area (TPSA) is 58.1 Å². The van der Waals surface area contributed by atoms with Gasteiger partial charge in [0.25, 0.3) is 0 Å². The monoisotopic (exact) mass is 514 g/mol. The molecule has 2 N–H and O–H groups in total. The third-order valence-corrected chi connectivity index (χ3v) is 4.13. The maximum absolute atomic E-state index is 12.6. The minimum absolute atomic E-state index is 0. The zero-order valence-electron chi connectivity index (χ0n) is 17.5. The number of hydrogen-bond donors (Lipinski definition) is 2. The first-order valence-corrected chi connectivity index (χ1v) is 8.99. The number of hydrogen-bond acceptors (Lipinski definition) is 4. The molecule has 9 heteroatoms. The van der Waals surface area contributed by atoms with Crippen molar-refractivity contribution >= 4 is 29.9 Å². The highest BCUT2D eigenvalue weighted by molar-refractivity contribution is 14.0. The lowest BCUT2D eigenvalue weighted by atomic mass is 10.0. The lowest BCUT2D eigenvalue weighted by Gasteiger charge is -2.27. The summed E-state index contributed by atoms with van der Waals surface area (Å²) in [7, 11) is 7.30. The number of alkyl halides is 2. The Balaban J connectivity index is 0.00000729. The molecule has 162 valence electrons. The van der Waals surface area contributed by atoms with E-state index in [4.69, 9.17) is 4.74 Å². The largest absolute Gasteiger partial charge is 0.497 e. The second-order valence-electron chi connectivity index (χ2n) is 6.91. The van der Waals surface area contributed by atoms with Gasteiger partial charge in [-0.1, -0.05) is 13.8 Å². The number of nitrogens with one attached hydrogen (secondary N) is 2. The van der Waals surface area contributed by atoms with Crippen LogP contribution in [0.25, 0.3) is 0 Å². The van der Waals surface area contributed by atoms with Crippen LogP contribution in [0.1, 0.15) is 25.8 Å². The van der Waals surface area contributed by atoms with Gasteiger partial charge >= 0.3 is 6.61 Å². The first-order chi connectivity index (χ1) is 12.8. The standard InChI is InChI=1S/C19H32F2N4O2.HI/c1-13(2)9-15(25(4)5)12-24-19(22-3)23-11-14-10-16(26-6)7-8-17(14)27-18(20)21;/h7-8,10,13,15,18H,9,11-12H2,1-6H3,(H2,22,23,24);1H. The maximum Gasteiger partial charge on any atom is 0.387 e. The van der Waals surface area contributed by atoms with E-state index in [0.717, 1.165) is 13.0 Å². The average Bonchev–Trinajstić information content (AvgIpc) is 2.60. The van der Waals surface area contributed by atoms with Crippen LogP contribution in [-0.4, -0.2) is 58.3 Å². The molecule has 0 saturated heterocycles. The molecule has 1 rings (SSSR count). The van der Waals surface area contributed by atoms with Gasteiger partial charge in [-0.25, -0.2) is 0 Å². The first kappa shape index (κ1) is 26.6. The van der Waals surface area contributed by atoms with E-state index in [2.05, 4.69) is 53.2 Å². The van der Waals surface area contributed by atoms with Crippen molar-refractivity contribution in [1.29, 1.82) is 0 Å². The Bertz CT molecular complexity index is 601. The zero-order valence-corrected chi connectivity index (χ0v) is 19.8. The van der Waals surface area contributed by atoms with E-state index in [0.29, 0.717) is 29.2 Å². The average molecular weight is 514 g/mol. The van der Waals surface area contributed by atoms with Crippen molar-refractivity contribution in [2.24, 2.45) is 10.9 Å². The normalized spacial score (nSPS) is 12.8. The summed E-state index contributed by atoms with van der Waals surface area (Å²) >= 11 is 0. The van der Waals surface area contributed by atoms with Gasteiger partial charge in [-0.15, -0.1) is 24.0 Å². The van der Waals surface area contributed by atoms with Crippen molar-refractivity contribution in [1.82, 2.24) is 15.5 Å². The van der Waals surface area contributed by atoms with Gasteiger partial charge in [0.05, 0.1) is 7.11 Å². The lowest BCUT2D eigenvalue weighted by molar-refractivity contribution is -0.0504. The van der Waals surface area contributed by atoms with Crippen LogP contribution in [0, 0.1) is 5.92 Å². The first-order valence-electron chi connectivity index (χ1n) is 8.99. The molecule has 0 radical (unpaired) electrons. The lowest BCUT2D eigenvalue weighted by Crippen LogP contribution is -2.45. The number of halogens is 3. The van der Waals surface area contributed by atoms with Gasteiger partial charge in [0.1, 0.15) is 11.5 Å². The Morgan fingerprint density at radius 2 is 1.89 bits per heavy atom. The molecule has 0 fully saturated rings. The second kappa shape index (κ2) is 13.8. The molecule has 1 atom stereocenters. The molecule has 0 aromatic heterocycles. The molecule has 1 aromatic rings. The summed E-state index contributed by atoms with van der Waals surface area (Å²) in [6.07, 6.45) is 1.05. The van der Waals surface area contributed by atoms with E-state index < -0.39 is 6.61 Å². The van der Waals surface area contributed by atoms with Gasteiger partial charge in [0.2, 0.25) is 0 Å². The molecule has 1 unspecified atom stereocenters. The van der Waals surface area contributed by atoms with Crippen LogP contribution >= 0.6 is 24.0 Å². The van der Waals surface area contributed by atoms with E-state index in [1.54, 1.807) is 19.2 Å². The summed E-state index contributed by atoms with van der Waals surface area (Å²) < 4.78 is 35.0. The number of benzene rings is 1. The summed E-state index contributed by atoms with van der Waals surface area (Å²) in [6, 6.07) is 5.09. The predicted octanol–water partition coefficient (Wildman–Crippen LogP) is 3.56. The molecule has 28 heavy (non-hydrogen) atoms. The summed E-state index contributed by atoms with van der Waals surface area (Å²) in [5, 5.41) is 6.43. The molecule has 6 nitrogen and oxygen atoms in total. The molecular formula is C19H33F2IN4O2. The van der Waals surface area contributed by atoms with Crippen molar-refractivity contribution in [2.75, 3.05) is 34.8 Å². The van der Waals surface area contributed by atoms with Gasteiger partial charge in [0, 0.05) is 31.7 Å². The molecule has 0 saturated carbocycles. The summed E-state index contributed by atoms with van der Waals surface area (Å²) in [5.74, 6) is 1.86. The molecule has 0 heterocycles. The molecule has 0 spiro atoms. The smallest absolute Gasteiger partial charge is 0.387 e. The van der Waals surface area contributed by atoms with Crippen LogP contribution in [0.15, 0.2) is 23.2 Å². The predicted molar refractivity (Wildman–Crippen MR) is 120 cm³/mol. The number of likely N-dealkylation sites (N-methyl/N-ethyl adjacent to an activating group) is 1. The van der Waals surface area contributed by atoms with Gasteiger partial charge in [0.15, 0.2) is 5.96 Å². The Labute approximate surface area is 184 Å². The van der Waals surface area contributed by atoms with Gasteiger partial charge < -0.3 is 25.0 Å². The maximum atomic E-state index is 12.6. The molecule has 0 amide bonds. The van der Waals surface area contributed by atoms with Crippen molar-refractivity contribution in [3.05, 3.63) is 23.8 Å². The van der Waals surface area contributed by atoms with Gasteiger partial charge in [-0.2, -0.15) is 8.78 Å². The highest BCUT2D eigenvalue weighted by Gasteiger charge is 2.15. The number of nitrogens with zero attached hydrogens (tertiary/aromatic N) is 2. The highest BCUT2D eigenvalue weighted by atomic mass is 127. The third kappa shape index (κ3) is 9.72. The fraction of sp³-hybridized carbons (Fsp3) is 0.632. The fourth-order valence-electron chi connectivity index (χ4n) is 2.67. The van der Waals surface area contributed by atoms with Crippen LogP contribution < -0.4 is 20.1 Å². The van der Waals surface area contributed by atoms with Gasteiger partial charge in [-0.3, -0.25) is 4.99 Å². The van der Waals surface area contributed by atoms with Crippen LogP contribution in [0.4, 0.5) is 8.78 Å².